The lowest BCUT2D eigenvalue weighted by Crippen LogP contribution is -2.44. The number of hydrogen-bond acceptors (Lipinski definition) is 4. The Labute approximate surface area is 115 Å². The van der Waals surface area contributed by atoms with Crippen LogP contribution in [0.5, 0.6) is 5.88 Å². The second kappa shape index (κ2) is 5.37. The van der Waals surface area contributed by atoms with Gasteiger partial charge >= 0.3 is 0 Å². The summed E-state index contributed by atoms with van der Waals surface area (Å²) in [6.45, 7) is 2.65. The number of nitrogens with one attached hydrogen (secondary N) is 1. The van der Waals surface area contributed by atoms with Gasteiger partial charge in [0, 0.05) is 24.3 Å². The van der Waals surface area contributed by atoms with Gasteiger partial charge in [-0.15, -0.1) is 0 Å². The molecule has 4 heteroatoms. The molecule has 4 nitrogen and oxygen atoms in total. The van der Waals surface area contributed by atoms with Crippen LogP contribution in [0.15, 0.2) is 18.3 Å². The van der Waals surface area contributed by atoms with E-state index in [1.54, 1.807) is 6.20 Å². The van der Waals surface area contributed by atoms with Crippen molar-refractivity contribution >= 4 is 5.69 Å². The van der Waals surface area contributed by atoms with Crippen LogP contribution in [0.4, 0.5) is 5.69 Å². The Kier molecular flexibility index (Phi) is 3.60. The van der Waals surface area contributed by atoms with Crippen molar-refractivity contribution in [1.29, 1.82) is 0 Å². The average Bonchev–Trinajstić information content (AvgIpc) is 2.64. The van der Waals surface area contributed by atoms with Gasteiger partial charge in [0.05, 0.1) is 12.3 Å². The number of aromatic nitrogens is 1. The molecule has 0 radical (unpaired) electrons. The molecular formula is C15H23N3O. The standard InChI is InChI=1S/C15H23N3O/c1-3-19-15-14(5-4-8-16-15)17-11-9-12-6-7-13(10-11)18(12)2/h4-5,8,11-13,17H,3,6-7,9-10H2,1-2H3. The largest absolute Gasteiger partial charge is 0.476 e. The summed E-state index contributed by atoms with van der Waals surface area (Å²) in [6.07, 6.45) is 6.95. The third-order valence-corrected chi connectivity index (χ3v) is 4.51. The molecule has 0 saturated carbocycles. The van der Waals surface area contributed by atoms with E-state index in [0.29, 0.717) is 12.6 Å². The molecule has 0 aromatic carbocycles. The van der Waals surface area contributed by atoms with Crippen LogP contribution in [0.2, 0.25) is 0 Å². The van der Waals surface area contributed by atoms with E-state index in [2.05, 4.69) is 28.3 Å². The van der Waals surface area contributed by atoms with Gasteiger partial charge in [-0.1, -0.05) is 0 Å². The molecule has 0 aliphatic carbocycles. The number of piperidine rings is 1. The number of anilines is 1. The Morgan fingerprint density at radius 3 is 2.79 bits per heavy atom. The van der Waals surface area contributed by atoms with Gasteiger partial charge in [-0.05, 0) is 51.8 Å². The molecule has 3 rings (SSSR count). The first-order valence-corrected chi connectivity index (χ1v) is 7.34. The molecule has 2 unspecified atom stereocenters. The number of ether oxygens (including phenoxy) is 1. The monoisotopic (exact) mass is 261 g/mol. The molecule has 2 bridgehead atoms. The van der Waals surface area contributed by atoms with E-state index in [4.69, 9.17) is 4.74 Å². The van der Waals surface area contributed by atoms with Crippen molar-refractivity contribution in [2.75, 3.05) is 19.0 Å². The minimum absolute atomic E-state index is 0.553. The van der Waals surface area contributed by atoms with Crippen molar-refractivity contribution in [3.63, 3.8) is 0 Å². The fraction of sp³-hybridized carbons (Fsp3) is 0.667. The van der Waals surface area contributed by atoms with Crippen LogP contribution in [0.1, 0.15) is 32.6 Å². The van der Waals surface area contributed by atoms with Crippen LogP contribution in [-0.2, 0) is 0 Å². The second-order valence-corrected chi connectivity index (χ2v) is 5.65. The average molecular weight is 261 g/mol. The highest BCUT2D eigenvalue weighted by atomic mass is 16.5. The summed E-state index contributed by atoms with van der Waals surface area (Å²) in [7, 11) is 2.27. The highest BCUT2D eigenvalue weighted by Crippen LogP contribution is 2.36. The topological polar surface area (TPSA) is 37.4 Å². The van der Waals surface area contributed by atoms with Crippen LogP contribution in [0.25, 0.3) is 0 Å². The number of nitrogens with zero attached hydrogens (tertiary/aromatic N) is 2. The van der Waals surface area contributed by atoms with Crippen LogP contribution >= 0.6 is 0 Å². The number of hydrogen-bond donors (Lipinski definition) is 1. The van der Waals surface area contributed by atoms with Crippen molar-refractivity contribution < 1.29 is 4.74 Å². The van der Waals surface area contributed by atoms with E-state index >= 15 is 0 Å². The fourth-order valence-corrected chi connectivity index (χ4v) is 3.50. The summed E-state index contributed by atoms with van der Waals surface area (Å²) in [5, 5.41) is 3.64. The second-order valence-electron chi connectivity index (χ2n) is 5.65. The molecule has 2 fully saturated rings. The molecule has 0 amide bonds. The van der Waals surface area contributed by atoms with E-state index < -0.39 is 0 Å². The molecule has 1 aromatic rings. The molecule has 3 heterocycles. The molecule has 0 spiro atoms. The van der Waals surface area contributed by atoms with E-state index in [0.717, 1.165) is 23.7 Å². The van der Waals surface area contributed by atoms with E-state index in [1.807, 2.05) is 13.0 Å². The predicted octanol–water partition coefficient (Wildman–Crippen LogP) is 2.52. The summed E-state index contributed by atoms with van der Waals surface area (Å²) in [5.41, 5.74) is 1.04. The summed E-state index contributed by atoms with van der Waals surface area (Å²) >= 11 is 0. The third-order valence-electron chi connectivity index (χ3n) is 4.51. The number of pyridine rings is 1. The molecule has 2 saturated heterocycles. The van der Waals surface area contributed by atoms with Gasteiger partial charge in [0.15, 0.2) is 0 Å². The molecule has 1 N–H and O–H groups in total. The smallest absolute Gasteiger partial charge is 0.237 e. The summed E-state index contributed by atoms with van der Waals surface area (Å²) in [6, 6.07) is 6.09. The van der Waals surface area contributed by atoms with Crippen LogP contribution in [0, 0.1) is 0 Å². The first-order chi connectivity index (χ1) is 9.28. The zero-order chi connectivity index (χ0) is 13.2. The molecule has 2 aliphatic heterocycles. The maximum atomic E-state index is 5.58. The molecule has 1 aromatic heterocycles. The van der Waals surface area contributed by atoms with E-state index in [9.17, 15) is 0 Å². The molecule has 2 atom stereocenters. The minimum Gasteiger partial charge on any atom is -0.476 e. The Balaban J connectivity index is 1.69. The van der Waals surface area contributed by atoms with Crippen molar-refractivity contribution in [1.82, 2.24) is 9.88 Å². The third kappa shape index (κ3) is 2.54. The quantitative estimate of drug-likeness (QED) is 0.903. The lowest BCUT2D eigenvalue weighted by atomic mass is 9.98. The summed E-state index contributed by atoms with van der Waals surface area (Å²) in [4.78, 5) is 6.87. The maximum absolute atomic E-state index is 5.58. The van der Waals surface area contributed by atoms with Crippen molar-refractivity contribution in [2.45, 2.75) is 50.7 Å². The normalized spacial score (nSPS) is 30.3. The van der Waals surface area contributed by atoms with Crippen molar-refractivity contribution in [3.8, 4) is 5.88 Å². The zero-order valence-electron chi connectivity index (χ0n) is 11.8. The number of rotatable bonds is 4. The lowest BCUT2D eigenvalue weighted by molar-refractivity contribution is 0.168. The molecule has 104 valence electrons. The summed E-state index contributed by atoms with van der Waals surface area (Å²) < 4.78 is 5.58. The highest BCUT2D eigenvalue weighted by molar-refractivity contribution is 5.52. The van der Waals surface area contributed by atoms with Crippen molar-refractivity contribution in [3.05, 3.63) is 18.3 Å². The molecular weight excluding hydrogens is 238 g/mol. The Bertz CT molecular complexity index is 423. The highest BCUT2D eigenvalue weighted by Gasteiger charge is 2.38. The van der Waals surface area contributed by atoms with Gasteiger partial charge < -0.3 is 15.0 Å². The van der Waals surface area contributed by atoms with Gasteiger partial charge in [-0.3, -0.25) is 0 Å². The van der Waals surface area contributed by atoms with Gasteiger partial charge in [0.2, 0.25) is 5.88 Å². The Hall–Kier alpha value is -1.29. The maximum Gasteiger partial charge on any atom is 0.237 e. The Morgan fingerprint density at radius 1 is 1.37 bits per heavy atom. The van der Waals surface area contributed by atoms with E-state index in [1.165, 1.54) is 25.7 Å². The van der Waals surface area contributed by atoms with Crippen LogP contribution in [-0.4, -0.2) is 41.7 Å². The lowest BCUT2D eigenvalue weighted by Gasteiger charge is -2.37. The summed E-state index contributed by atoms with van der Waals surface area (Å²) in [5.74, 6) is 0.733. The molecule has 2 aliphatic rings. The Morgan fingerprint density at radius 2 is 2.11 bits per heavy atom. The number of fused-ring (bicyclic) bond motifs is 2. The SMILES string of the molecule is CCOc1ncccc1NC1CC2CCC(C1)N2C. The first-order valence-electron chi connectivity index (χ1n) is 7.34. The van der Waals surface area contributed by atoms with Gasteiger partial charge in [0.1, 0.15) is 0 Å². The van der Waals surface area contributed by atoms with Gasteiger partial charge in [-0.25, -0.2) is 4.98 Å². The predicted molar refractivity (Wildman–Crippen MR) is 76.6 cm³/mol. The first kappa shape index (κ1) is 12.7. The van der Waals surface area contributed by atoms with Crippen LogP contribution < -0.4 is 10.1 Å². The fourth-order valence-electron chi connectivity index (χ4n) is 3.50. The zero-order valence-corrected chi connectivity index (χ0v) is 11.8. The van der Waals surface area contributed by atoms with E-state index in [-0.39, 0.29) is 0 Å². The van der Waals surface area contributed by atoms with Crippen molar-refractivity contribution in [2.24, 2.45) is 0 Å². The van der Waals surface area contributed by atoms with Crippen LogP contribution in [0.3, 0.4) is 0 Å². The van der Waals surface area contributed by atoms with Gasteiger partial charge in [-0.2, -0.15) is 0 Å². The minimum atomic E-state index is 0.553. The van der Waals surface area contributed by atoms with Gasteiger partial charge in [0.25, 0.3) is 0 Å². The molecule has 19 heavy (non-hydrogen) atoms.